The van der Waals surface area contributed by atoms with Crippen LogP contribution in [0.5, 0.6) is 0 Å². The predicted octanol–water partition coefficient (Wildman–Crippen LogP) is 2.99. The van der Waals surface area contributed by atoms with Gasteiger partial charge in [0, 0.05) is 55.3 Å². The molecular weight excluding hydrogens is 350 g/mol. The fourth-order valence-corrected chi connectivity index (χ4v) is 3.37. The number of anilines is 1. The van der Waals surface area contributed by atoms with Gasteiger partial charge in [-0.25, -0.2) is 9.37 Å². The standard InChI is InChI=1S/C20H24F2N4O/c1-3-25-8-10-26(11-9-25)18-5-4-16(21)13-17(18)14(2)24-20(27)15-6-7-23-19(22)12-15/h4-7,12-14H,3,8-11H2,1-2H3,(H,24,27). The number of rotatable bonds is 5. The first kappa shape index (κ1) is 19.2. The summed E-state index contributed by atoms with van der Waals surface area (Å²) in [6, 6.07) is 6.77. The Kier molecular flexibility index (Phi) is 6.01. The first-order valence-corrected chi connectivity index (χ1v) is 9.17. The minimum atomic E-state index is -0.712. The zero-order chi connectivity index (χ0) is 19.4. The molecule has 2 heterocycles. The number of piperazine rings is 1. The molecule has 5 nitrogen and oxygen atoms in total. The van der Waals surface area contributed by atoms with E-state index in [0.717, 1.165) is 44.5 Å². The van der Waals surface area contributed by atoms with Gasteiger partial charge in [0.2, 0.25) is 5.95 Å². The predicted molar refractivity (Wildman–Crippen MR) is 101 cm³/mol. The summed E-state index contributed by atoms with van der Waals surface area (Å²) < 4.78 is 27.2. The highest BCUT2D eigenvalue weighted by Gasteiger charge is 2.22. The molecule has 1 aromatic heterocycles. The highest BCUT2D eigenvalue weighted by molar-refractivity contribution is 5.94. The minimum absolute atomic E-state index is 0.184. The van der Waals surface area contributed by atoms with Crippen molar-refractivity contribution in [2.45, 2.75) is 19.9 Å². The number of benzene rings is 1. The first-order chi connectivity index (χ1) is 13.0. The third kappa shape index (κ3) is 4.60. The highest BCUT2D eigenvalue weighted by atomic mass is 19.1. The Balaban J connectivity index is 1.78. The Bertz CT molecular complexity index is 806. The zero-order valence-electron chi connectivity index (χ0n) is 15.6. The lowest BCUT2D eigenvalue weighted by atomic mass is 10.0. The number of pyridine rings is 1. The molecule has 1 amide bonds. The van der Waals surface area contributed by atoms with Crippen LogP contribution >= 0.6 is 0 Å². The SMILES string of the molecule is CCN1CCN(c2ccc(F)cc2C(C)NC(=O)c2ccnc(F)c2)CC1. The molecule has 1 aromatic carbocycles. The van der Waals surface area contributed by atoms with Crippen LogP contribution in [0.2, 0.25) is 0 Å². The highest BCUT2D eigenvalue weighted by Crippen LogP contribution is 2.28. The number of amides is 1. The molecule has 0 radical (unpaired) electrons. The van der Waals surface area contributed by atoms with Crippen molar-refractivity contribution >= 4 is 11.6 Å². The molecule has 1 N–H and O–H groups in total. The third-order valence-corrected chi connectivity index (χ3v) is 4.95. The van der Waals surface area contributed by atoms with Crippen molar-refractivity contribution in [1.29, 1.82) is 0 Å². The van der Waals surface area contributed by atoms with Gasteiger partial charge in [-0.2, -0.15) is 4.39 Å². The van der Waals surface area contributed by atoms with Gasteiger partial charge in [0.15, 0.2) is 0 Å². The average Bonchev–Trinajstić information content (AvgIpc) is 2.68. The van der Waals surface area contributed by atoms with Crippen molar-refractivity contribution < 1.29 is 13.6 Å². The lowest BCUT2D eigenvalue weighted by molar-refractivity contribution is 0.0939. The van der Waals surface area contributed by atoms with Gasteiger partial charge in [-0.05, 0) is 37.7 Å². The fraction of sp³-hybridized carbons (Fsp3) is 0.400. The van der Waals surface area contributed by atoms with Crippen molar-refractivity contribution in [2.75, 3.05) is 37.6 Å². The van der Waals surface area contributed by atoms with Gasteiger partial charge in [0.05, 0.1) is 6.04 Å². The number of nitrogens with zero attached hydrogens (tertiary/aromatic N) is 3. The smallest absolute Gasteiger partial charge is 0.251 e. The summed E-state index contributed by atoms with van der Waals surface area (Å²) in [6.07, 6.45) is 1.25. The summed E-state index contributed by atoms with van der Waals surface area (Å²) >= 11 is 0. The fourth-order valence-electron chi connectivity index (χ4n) is 3.37. The molecule has 1 saturated heterocycles. The van der Waals surface area contributed by atoms with Gasteiger partial charge in [-0.1, -0.05) is 6.92 Å². The molecule has 0 bridgehead atoms. The number of hydrogen-bond donors (Lipinski definition) is 1. The Labute approximate surface area is 158 Å². The van der Waals surface area contributed by atoms with E-state index in [-0.39, 0.29) is 11.4 Å². The van der Waals surface area contributed by atoms with Crippen LogP contribution in [0.3, 0.4) is 0 Å². The molecule has 0 aliphatic carbocycles. The number of likely N-dealkylation sites (N-methyl/N-ethyl adjacent to an activating group) is 1. The Morgan fingerprint density at radius 2 is 1.93 bits per heavy atom. The van der Waals surface area contributed by atoms with E-state index in [4.69, 9.17) is 0 Å². The van der Waals surface area contributed by atoms with E-state index in [0.29, 0.717) is 5.56 Å². The molecule has 2 aromatic rings. The van der Waals surface area contributed by atoms with Crippen LogP contribution in [0.25, 0.3) is 0 Å². The van der Waals surface area contributed by atoms with Gasteiger partial charge < -0.3 is 15.1 Å². The van der Waals surface area contributed by atoms with E-state index in [1.807, 2.05) is 0 Å². The molecule has 3 rings (SSSR count). The number of carbonyl (C=O) groups is 1. The number of aromatic nitrogens is 1. The monoisotopic (exact) mass is 374 g/mol. The number of carbonyl (C=O) groups excluding carboxylic acids is 1. The number of nitrogens with one attached hydrogen (secondary N) is 1. The van der Waals surface area contributed by atoms with Gasteiger partial charge in [0.25, 0.3) is 5.91 Å². The molecule has 1 fully saturated rings. The summed E-state index contributed by atoms with van der Waals surface area (Å²) in [5.74, 6) is -1.48. The second-order valence-corrected chi connectivity index (χ2v) is 6.69. The molecule has 144 valence electrons. The second kappa shape index (κ2) is 8.43. The minimum Gasteiger partial charge on any atom is -0.369 e. The Hall–Kier alpha value is -2.54. The molecule has 1 atom stereocenters. The molecule has 7 heteroatoms. The molecule has 0 saturated carbocycles. The lowest BCUT2D eigenvalue weighted by Gasteiger charge is -2.37. The van der Waals surface area contributed by atoms with Crippen LogP contribution in [0.15, 0.2) is 36.5 Å². The summed E-state index contributed by atoms with van der Waals surface area (Å²) in [4.78, 5) is 20.4. The van der Waals surface area contributed by atoms with Crippen molar-refractivity contribution in [3.05, 3.63) is 59.4 Å². The van der Waals surface area contributed by atoms with E-state index in [2.05, 4.69) is 27.0 Å². The van der Waals surface area contributed by atoms with E-state index in [1.165, 1.54) is 24.4 Å². The Morgan fingerprint density at radius 1 is 1.19 bits per heavy atom. The van der Waals surface area contributed by atoms with Crippen molar-refractivity contribution in [1.82, 2.24) is 15.2 Å². The summed E-state index contributed by atoms with van der Waals surface area (Å²) in [5, 5.41) is 2.83. The van der Waals surface area contributed by atoms with Gasteiger partial charge in [0.1, 0.15) is 5.82 Å². The van der Waals surface area contributed by atoms with E-state index < -0.39 is 17.9 Å². The van der Waals surface area contributed by atoms with Crippen molar-refractivity contribution in [3.8, 4) is 0 Å². The number of halogens is 2. The summed E-state index contributed by atoms with van der Waals surface area (Å²) in [5.41, 5.74) is 1.81. The number of hydrogen-bond acceptors (Lipinski definition) is 4. The summed E-state index contributed by atoms with van der Waals surface area (Å²) in [6.45, 7) is 8.55. The quantitative estimate of drug-likeness (QED) is 0.818. The normalized spacial score (nSPS) is 16.2. The molecule has 1 aliphatic rings. The average molecular weight is 374 g/mol. The maximum absolute atomic E-state index is 13.9. The molecule has 27 heavy (non-hydrogen) atoms. The lowest BCUT2D eigenvalue weighted by Crippen LogP contribution is -2.46. The molecule has 1 unspecified atom stereocenters. The Morgan fingerprint density at radius 3 is 2.59 bits per heavy atom. The van der Waals surface area contributed by atoms with Crippen LogP contribution < -0.4 is 10.2 Å². The second-order valence-electron chi connectivity index (χ2n) is 6.69. The summed E-state index contributed by atoms with van der Waals surface area (Å²) in [7, 11) is 0. The van der Waals surface area contributed by atoms with Crippen LogP contribution in [-0.4, -0.2) is 48.5 Å². The van der Waals surface area contributed by atoms with E-state index in [9.17, 15) is 13.6 Å². The maximum Gasteiger partial charge on any atom is 0.251 e. The third-order valence-electron chi connectivity index (χ3n) is 4.95. The zero-order valence-corrected chi connectivity index (χ0v) is 15.6. The molecular formula is C20H24F2N4O. The van der Waals surface area contributed by atoms with Gasteiger partial charge in [-0.15, -0.1) is 0 Å². The van der Waals surface area contributed by atoms with Crippen LogP contribution in [-0.2, 0) is 0 Å². The largest absolute Gasteiger partial charge is 0.369 e. The van der Waals surface area contributed by atoms with E-state index >= 15 is 0 Å². The van der Waals surface area contributed by atoms with Crippen LogP contribution in [0.4, 0.5) is 14.5 Å². The molecule has 1 aliphatic heterocycles. The topological polar surface area (TPSA) is 48.5 Å². The van der Waals surface area contributed by atoms with E-state index in [1.54, 1.807) is 13.0 Å². The molecule has 0 spiro atoms. The first-order valence-electron chi connectivity index (χ1n) is 9.17. The van der Waals surface area contributed by atoms with Crippen molar-refractivity contribution in [2.24, 2.45) is 0 Å². The maximum atomic E-state index is 13.9. The van der Waals surface area contributed by atoms with Crippen LogP contribution in [0.1, 0.15) is 35.8 Å². The van der Waals surface area contributed by atoms with Crippen LogP contribution in [0, 0.1) is 11.8 Å². The van der Waals surface area contributed by atoms with Gasteiger partial charge in [-0.3, -0.25) is 4.79 Å². The van der Waals surface area contributed by atoms with Crippen molar-refractivity contribution in [3.63, 3.8) is 0 Å². The van der Waals surface area contributed by atoms with Gasteiger partial charge >= 0.3 is 0 Å².